The SMILES string of the molecule is Nc1n[nH]c(CCC2CCCCO2)c1-c1ccccc1Br. The molecule has 1 aromatic heterocycles. The molecule has 2 heterocycles. The van der Waals surface area contributed by atoms with E-state index in [4.69, 9.17) is 10.5 Å². The van der Waals surface area contributed by atoms with Crippen LogP contribution >= 0.6 is 15.9 Å². The maximum atomic E-state index is 6.06. The maximum Gasteiger partial charge on any atom is 0.153 e. The van der Waals surface area contributed by atoms with Crippen molar-refractivity contribution in [2.45, 2.75) is 38.2 Å². The molecule has 1 atom stereocenters. The highest BCUT2D eigenvalue weighted by Crippen LogP contribution is 2.34. The van der Waals surface area contributed by atoms with Crippen molar-refractivity contribution in [3.05, 3.63) is 34.4 Å². The molecule has 1 fully saturated rings. The average Bonchev–Trinajstić information content (AvgIpc) is 2.88. The van der Waals surface area contributed by atoms with Gasteiger partial charge in [-0.15, -0.1) is 0 Å². The zero-order valence-electron chi connectivity index (χ0n) is 11.9. The molecule has 3 rings (SSSR count). The van der Waals surface area contributed by atoms with Crippen LogP contribution in [0.25, 0.3) is 11.1 Å². The number of hydrogen-bond acceptors (Lipinski definition) is 3. The Morgan fingerprint density at radius 2 is 2.19 bits per heavy atom. The Morgan fingerprint density at radius 3 is 2.95 bits per heavy atom. The summed E-state index contributed by atoms with van der Waals surface area (Å²) in [5.41, 5.74) is 9.25. The number of nitrogen functional groups attached to an aromatic ring is 1. The van der Waals surface area contributed by atoms with Crippen LogP contribution in [0.4, 0.5) is 5.82 Å². The van der Waals surface area contributed by atoms with E-state index >= 15 is 0 Å². The lowest BCUT2D eigenvalue weighted by Crippen LogP contribution is -2.19. The van der Waals surface area contributed by atoms with E-state index in [1.54, 1.807) is 0 Å². The minimum Gasteiger partial charge on any atom is -0.382 e. The lowest BCUT2D eigenvalue weighted by atomic mass is 9.99. The van der Waals surface area contributed by atoms with Gasteiger partial charge in [0, 0.05) is 27.9 Å². The molecule has 0 bridgehead atoms. The molecular formula is C16H20BrN3O. The van der Waals surface area contributed by atoms with Crippen molar-refractivity contribution in [3.63, 3.8) is 0 Å². The summed E-state index contributed by atoms with van der Waals surface area (Å²) in [6.07, 6.45) is 5.91. The van der Waals surface area contributed by atoms with Crippen LogP contribution in [0.3, 0.4) is 0 Å². The van der Waals surface area contributed by atoms with E-state index in [0.717, 1.165) is 47.2 Å². The highest BCUT2D eigenvalue weighted by molar-refractivity contribution is 9.10. The fourth-order valence-electron chi connectivity index (χ4n) is 2.88. The number of aromatic amines is 1. The van der Waals surface area contributed by atoms with E-state index in [1.807, 2.05) is 18.2 Å². The van der Waals surface area contributed by atoms with Gasteiger partial charge in [-0.05, 0) is 38.2 Å². The van der Waals surface area contributed by atoms with Gasteiger partial charge in [0.1, 0.15) is 0 Å². The second-order valence-corrected chi connectivity index (χ2v) is 6.32. The third-order valence-corrected chi connectivity index (χ3v) is 4.69. The van der Waals surface area contributed by atoms with E-state index in [9.17, 15) is 0 Å². The van der Waals surface area contributed by atoms with Gasteiger partial charge in [-0.1, -0.05) is 34.1 Å². The van der Waals surface area contributed by atoms with Crippen LogP contribution in [0.1, 0.15) is 31.4 Å². The molecule has 1 unspecified atom stereocenters. The minimum atomic E-state index is 0.371. The number of ether oxygens (including phenoxy) is 1. The van der Waals surface area contributed by atoms with E-state index < -0.39 is 0 Å². The van der Waals surface area contributed by atoms with Crippen LogP contribution in [0.15, 0.2) is 28.7 Å². The molecule has 0 saturated carbocycles. The van der Waals surface area contributed by atoms with Gasteiger partial charge in [0.05, 0.1) is 6.10 Å². The summed E-state index contributed by atoms with van der Waals surface area (Å²) in [5, 5.41) is 7.28. The highest BCUT2D eigenvalue weighted by atomic mass is 79.9. The van der Waals surface area contributed by atoms with E-state index in [0.29, 0.717) is 11.9 Å². The van der Waals surface area contributed by atoms with E-state index in [-0.39, 0.29) is 0 Å². The monoisotopic (exact) mass is 349 g/mol. The first kappa shape index (κ1) is 14.6. The van der Waals surface area contributed by atoms with Gasteiger partial charge in [-0.25, -0.2) is 0 Å². The molecule has 0 radical (unpaired) electrons. The van der Waals surface area contributed by atoms with Crippen LogP contribution in [0, 0.1) is 0 Å². The normalized spacial score (nSPS) is 18.8. The average molecular weight is 350 g/mol. The number of halogens is 1. The number of aryl methyl sites for hydroxylation is 1. The van der Waals surface area contributed by atoms with Gasteiger partial charge < -0.3 is 10.5 Å². The van der Waals surface area contributed by atoms with Crippen LogP contribution in [0.2, 0.25) is 0 Å². The Bertz CT molecular complexity index is 605. The third kappa shape index (κ3) is 3.30. The number of nitrogens with two attached hydrogens (primary N) is 1. The number of H-pyrrole nitrogens is 1. The lowest BCUT2D eigenvalue weighted by Gasteiger charge is -2.22. The summed E-state index contributed by atoms with van der Waals surface area (Å²) in [4.78, 5) is 0. The number of rotatable bonds is 4. The molecule has 1 aliphatic heterocycles. The second-order valence-electron chi connectivity index (χ2n) is 5.47. The molecule has 1 aliphatic rings. The predicted octanol–water partition coefficient (Wildman–Crippen LogP) is 3.92. The molecule has 5 heteroatoms. The number of anilines is 1. The van der Waals surface area contributed by atoms with Gasteiger partial charge in [0.25, 0.3) is 0 Å². The van der Waals surface area contributed by atoms with E-state index in [1.165, 1.54) is 12.8 Å². The van der Waals surface area contributed by atoms with Crippen LogP contribution < -0.4 is 5.73 Å². The van der Waals surface area contributed by atoms with Crippen molar-refractivity contribution in [2.75, 3.05) is 12.3 Å². The summed E-state index contributed by atoms with van der Waals surface area (Å²) < 4.78 is 6.84. The quantitative estimate of drug-likeness (QED) is 0.878. The Morgan fingerprint density at radius 1 is 1.33 bits per heavy atom. The van der Waals surface area contributed by atoms with Gasteiger partial charge in [-0.3, -0.25) is 5.10 Å². The van der Waals surface area contributed by atoms with Crippen molar-refractivity contribution >= 4 is 21.7 Å². The Balaban J connectivity index is 1.79. The first-order chi connectivity index (χ1) is 10.3. The molecule has 4 nitrogen and oxygen atoms in total. The van der Waals surface area contributed by atoms with Gasteiger partial charge >= 0.3 is 0 Å². The first-order valence-corrected chi connectivity index (χ1v) is 8.24. The zero-order valence-corrected chi connectivity index (χ0v) is 13.5. The number of nitrogens with one attached hydrogen (secondary N) is 1. The first-order valence-electron chi connectivity index (χ1n) is 7.45. The van der Waals surface area contributed by atoms with Gasteiger partial charge in [0.15, 0.2) is 5.82 Å². The van der Waals surface area contributed by atoms with Crippen molar-refractivity contribution in [2.24, 2.45) is 0 Å². The fourth-order valence-corrected chi connectivity index (χ4v) is 3.36. The fraction of sp³-hybridized carbons (Fsp3) is 0.438. The predicted molar refractivity (Wildman–Crippen MR) is 88.0 cm³/mol. The second kappa shape index (κ2) is 6.62. The molecule has 21 heavy (non-hydrogen) atoms. The smallest absolute Gasteiger partial charge is 0.153 e. The third-order valence-electron chi connectivity index (χ3n) is 4.00. The summed E-state index contributed by atoms with van der Waals surface area (Å²) in [7, 11) is 0. The molecule has 0 spiro atoms. The molecule has 0 amide bonds. The Kier molecular flexibility index (Phi) is 4.60. The van der Waals surface area contributed by atoms with Crippen molar-refractivity contribution < 1.29 is 4.74 Å². The summed E-state index contributed by atoms with van der Waals surface area (Å²) in [6, 6.07) is 8.10. The Labute approximate surface area is 133 Å². The standard InChI is InChI=1S/C16H20BrN3O/c17-13-7-2-1-6-12(13)15-14(19-20-16(15)18)9-8-11-5-3-4-10-21-11/h1-2,6-7,11H,3-5,8-10H2,(H3,18,19,20). The summed E-state index contributed by atoms with van der Waals surface area (Å²) in [6.45, 7) is 0.896. The molecule has 1 saturated heterocycles. The van der Waals surface area contributed by atoms with Crippen molar-refractivity contribution in [1.82, 2.24) is 10.2 Å². The molecule has 1 aromatic carbocycles. The number of hydrogen-bond donors (Lipinski definition) is 2. The maximum absolute atomic E-state index is 6.06. The number of nitrogens with zero attached hydrogens (tertiary/aromatic N) is 1. The van der Waals surface area contributed by atoms with Gasteiger partial charge in [-0.2, -0.15) is 5.10 Å². The molecule has 2 aromatic rings. The Hall–Kier alpha value is -1.33. The minimum absolute atomic E-state index is 0.371. The topological polar surface area (TPSA) is 63.9 Å². The van der Waals surface area contributed by atoms with Crippen LogP contribution in [0.5, 0.6) is 0 Å². The molecule has 0 aliphatic carbocycles. The molecular weight excluding hydrogens is 330 g/mol. The van der Waals surface area contributed by atoms with E-state index in [2.05, 4.69) is 32.2 Å². The van der Waals surface area contributed by atoms with Gasteiger partial charge in [0.2, 0.25) is 0 Å². The molecule has 3 N–H and O–H groups in total. The summed E-state index contributed by atoms with van der Waals surface area (Å²) in [5.74, 6) is 0.557. The largest absolute Gasteiger partial charge is 0.382 e. The lowest BCUT2D eigenvalue weighted by molar-refractivity contribution is 0.0114. The van der Waals surface area contributed by atoms with Crippen molar-refractivity contribution in [3.8, 4) is 11.1 Å². The highest BCUT2D eigenvalue weighted by Gasteiger charge is 2.18. The number of benzene rings is 1. The van der Waals surface area contributed by atoms with Crippen molar-refractivity contribution in [1.29, 1.82) is 0 Å². The van der Waals surface area contributed by atoms with Crippen LogP contribution in [-0.4, -0.2) is 22.9 Å². The van der Waals surface area contributed by atoms with Crippen LogP contribution in [-0.2, 0) is 11.2 Å². The summed E-state index contributed by atoms with van der Waals surface area (Å²) >= 11 is 3.59. The zero-order chi connectivity index (χ0) is 14.7. The number of aromatic nitrogens is 2. The molecule has 112 valence electrons.